The Bertz CT molecular complexity index is 1350. The summed E-state index contributed by atoms with van der Waals surface area (Å²) in [6.45, 7) is 22.5. The highest BCUT2D eigenvalue weighted by atomic mass is 16.8. The van der Waals surface area contributed by atoms with Crippen LogP contribution in [0, 0.1) is 29.6 Å². The predicted octanol–water partition coefficient (Wildman–Crippen LogP) is 7.78. The van der Waals surface area contributed by atoms with Crippen LogP contribution < -0.4 is 0 Å². The minimum atomic E-state index is -0.896. The first-order chi connectivity index (χ1) is 23.2. The van der Waals surface area contributed by atoms with E-state index >= 15 is 0 Å². The van der Waals surface area contributed by atoms with E-state index in [2.05, 4.69) is 32.3 Å². The predicted molar refractivity (Wildman–Crippen MR) is 183 cm³/mol. The van der Waals surface area contributed by atoms with Crippen molar-refractivity contribution in [1.29, 1.82) is 0 Å². The van der Waals surface area contributed by atoms with E-state index in [1.54, 1.807) is 12.3 Å². The van der Waals surface area contributed by atoms with Gasteiger partial charge in [0.1, 0.15) is 31.4 Å². The molecule has 0 spiro atoms. The number of carbonyl (C=O) groups excluding carboxylic acids is 2. The lowest BCUT2D eigenvalue weighted by molar-refractivity contribution is -0.177. The highest BCUT2D eigenvalue weighted by Gasteiger charge is 2.56. The van der Waals surface area contributed by atoms with Gasteiger partial charge in [-0.2, -0.15) is 0 Å². The van der Waals surface area contributed by atoms with Gasteiger partial charge in [0, 0.05) is 36.1 Å². The molecule has 1 aromatic carbocycles. The van der Waals surface area contributed by atoms with Crippen molar-refractivity contribution < 1.29 is 42.7 Å². The quantitative estimate of drug-likeness (QED) is 0.0751. The molecule has 2 aliphatic heterocycles. The lowest BCUT2D eigenvalue weighted by atomic mass is 9.74. The third kappa shape index (κ3) is 9.51. The highest BCUT2D eigenvalue weighted by molar-refractivity contribution is 5.70. The summed E-state index contributed by atoms with van der Waals surface area (Å²) in [6.07, 6.45) is 4.21. The van der Waals surface area contributed by atoms with Crippen LogP contribution in [-0.2, 0) is 39.8 Å². The number of hydrogen-bond donors (Lipinski definition) is 0. The van der Waals surface area contributed by atoms with E-state index in [4.69, 9.17) is 33.2 Å². The molecule has 0 bridgehead atoms. The van der Waals surface area contributed by atoms with Gasteiger partial charge >= 0.3 is 12.2 Å². The molecule has 1 aromatic heterocycles. The van der Waals surface area contributed by atoms with Gasteiger partial charge in [-0.25, -0.2) is 19.1 Å². The fourth-order valence-corrected chi connectivity index (χ4v) is 7.79. The summed E-state index contributed by atoms with van der Waals surface area (Å²) in [7, 11) is 0. The maximum atomic E-state index is 13.0. The standard InChI is InChI=1S/C38H56N2O9/c1-11-24(3)31(45-35(41)40-19-18-39-22-40)28(7)34-38(10,49-37(8,9)48-34)20-25(4)32-27(6)33(47-36(42)46-32)26(5)30(12-2)44-23-43-21-29-16-14-13-15-17-29/h11,13-19,22,24-28,30-34H,1,12,20-21,23H2,2-10H3/t24-,25?,26?,27?,28?,30?,31+,32?,33+,34-,38-/m1/s1. The Morgan fingerprint density at radius 1 is 1.08 bits per heavy atom. The molecule has 2 aromatic rings. The molecule has 3 heterocycles. The molecule has 2 aliphatic rings. The molecule has 4 rings (SSSR count). The molecule has 49 heavy (non-hydrogen) atoms. The zero-order valence-corrected chi connectivity index (χ0v) is 30.6. The van der Waals surface area contributed by atoms with E-state index in [1.807, 2.05) is 71.9 Å². The first-order valence-electron chi connectivity index (χ1n) is 17.5. The molecule has 272 valence electrons. The van der Waals surface area contributed by atoms with Crippen LogP contribution in [0.25, 0.3) is 0 Å². The van der Waals surface area contributed by atoms with Crippen LogP contribution in [0.15, 0.2) is 61.7 Å². The zero-order chi connectivity index (χ0) is 35.9. The molecule has 0 radical (unpaired) electrons. The minimum Gasteiger partial charge on any atom is -0.445 e. The summed E-state index contributed by atoms with van der Waals surface area (Å²) in [6, 6.07) is 9.94. The number of ether oxygens (including phenoxy) is 7. The van der Waals surface area contributed by atoms with E-state index in [9.17, 15) is 9.59 Å². The molecule has 11 nitrogen and oxygen atoms in total. The van der Waals surface area contributed by atoms with Crippen molar-refractivity contribution in [2.24, 2.45) is 29.6 Å². The summed E-state index contributed by atoms with van der Waals surface area (Å²) in [5.41, 5.74) is 0.266. The van der Waals surface area contributed by atoms with Gasteiger partial charge in [-0.05, 0) is 45.1 Å². The summed E-state index contributed by atoms with van der Waals surface area (Å²) < 4.78 is 44.2. The van der Waals surface area contributed by atoms with Crippen LogP contribution in [0.5, 0.6) is 0 Å². The van der Waals surface area contributed by atoms with Crippen LogP contribution in [0.3, 0.4) is 0 Å². The molecule has 0 N–H and O–H groups in total. The third-order valence-corrected chi connectivity index (χ3v) is 10.1. The largest absolute Gasteiger partial charge is 0.508 e. The highest BCUT2D eigenvalue weighted by Crippen LogP contribution is 2.47. The normalized spacial score (nSPS) is 28.7. The molecule has 2 fully saturated rings. The summed E-state index contributed by atoms with van der Waals surface area (Å²) in [5, 5.41) is 0. The van der Waals surface area contributed by atoms with Crippen molar-refractivity contribution >= 4 is 12.2 Å². The number of rotatable bonds is 16. The van der Waals surface area contributed by atoms with Crippen LogP contribution in [0.4, 0.5) is 9.59 Å². The van der Waals surface area contributed by atoms with Gasteiger partial charge in [0.05, 0.1) is 24.4 Å². The number of aromatic nitrogens is 2. The lowest BCUT2D eigenvalue weighted by Crippen LogP contribution is -2.53. The first kappa shape index (κ1) is 38.6. The Balaban J connectivity index is 1.45. The molecule has 0 saturated carbocycles. The van der Waals surface area contributed by atoms with Crippen molar-refractivity contribution in [2.75, 3.05) is 6.79 Å². The third-order valence-electron chi connectivity index (χ3n) is 10.1. The van der Waals surface area contributed by atoms with E-state index in [1.165, 1.54) is 17.1 Å². The molecular formula is C38H56N2O9. The number of cyclic esters (lactones) is 2. The van der Waals surface area contributed by atoms with Gasteiger partial charge in [-0.15, -0.1) is 6.58 Å². The average Bonchev–Trinajstić information content (AvgIpc) is 3.69. The van der Waals surface area contributed by atoms with Gasteiger partial charge in [-0.1, -0.05) is 78.0 Å². The molecule has 6 unspecified atom stereocenters. The Morgan fingerprint density at radius 3 is 2.41 bits per heavy atom. The Kier molecular flexibility index (Phi) is 13.1. The topological polar surface area (TPSA) is 117 Å². The SMILES string of the molecule is C=C[C@@H](C)[C@H](OC(=O)n1ccnc1)C(C)[C@H]1OC(C)(C)O[C@]1(C)CC(C)C1OC(=O)O[C@@H](C(C)C(CC)OCOCc2ccccc2)C1C. The van der Waals surface area contributed by atoms with Crippen molar-refractivity contribution in [3.05, 3.63) is 67.3 Å². The van der Waals surface area contributed by atoms with Crippen LogP contribution in [0.1, 0.15) is 80.7 Å². The van der Waals surface area contributed by atoms with Gasteiger partial charge in [-0.3, -0.25) is 0 Å². The molecule has 0 amide bonds. The molecule has 11 heteroatoms. The van der Waals surface area contributed by atoms with E-state index < -0.39 is 48.1 Å². The maximum absolute atomic E-state index is 13.0. The molecule has 0 aliphatic carbocycles. The van der Waals surface area contributed by atoms with Crippen molar-refractivity contribution in [3.63, 3.8) is 0 Å². The minimum absolute atomic E-state index is 0.109. The zero-order valence-electron chi connectivity index (χ0n) is 30.6. The lowest BCUT2D eigenvalue weighted by Gasteiger charge is -2.44. The van der Waals surface area contributed by atoms with Gasteiger partial charge in [0.25, 0.3) is 0 Å². The second-order valence-corrected chi connectivity index (χ2v) is 14.5. The fourth-order valence-electron chi connectivity index (χ4n) is 7.79. The van der Waals surface area contributed by atoms with E-state index in [0.717, 1.165) is 12.0 Å². The second kappa shape index (κ2) is 16.6. The van der Waals surface area contributed by atoms with E-state index in [-0.39, 0.29) is 42.5 Å². The number of hydrogen-bond acceptors (Lipinski definition) is 10. The van der Waals surface area contributed by atoms with Crippen LogP contribution in [-0.4, -0.2) is 70.5 Å². The van der Waals surface area contributed by atoms with E-state index in [0.29, 0.717) is 13.0 Å². The smallest absolute Gasteiger partial charge is 0.445 e. The number of imidazole rings is 1. The maximum Gasteiger partial charge on any atom is 0.508 e. The van der Waals surface area contributed by atoms with Crippen LogP contribution >= 0.6 is 0 Å². The summed E-state index contributed by atoms with van der Waals surface area (Å²) in [5.74, 6) is -1.73. The number of benzene rings is 1. The van der Waals surface area contributed by atoms with Gasteiger partial charge in [0.15, 0.2) is 5.79 Å². The average molecular weight is 685 g/mol. The number of nitrogens with zero attached hydrogens (tertiary/aromatic N) is 2. The van der Waals surface area contributed by atoms with Gasteiger partial charge in [0.2, 0.25) is 0 Å². The molecule has 2 saturated heterocycles. The monoisotopic (exact) mass is 684 g/mol. The Morgan fingerprint density at radius 2 is 1.78 bits per heavy atom. The second-order valence-electron chi connectivity index (χ2n) is 14.5. The first-order valence-corrected chi connectivity index (χ1v) is 17.5. The van der Waals surface area contributed by atoms with Crippen molar-refractivity contribution in [2.45, 2.75) is 124 Å². The molecular weight excluding hydrogens is 628 g/mol. The van der Waals surface area contributed by atoms with Gasteiger partial charge < -0.3 is 33.2 Å². The van der Waals surface area contributed by atoms with Crippen molar-refractivity contribution in [1.82, 2.24) is 9.55 Å². The molecule has 11 atom stereocenters. The van der Waals surface area contributed by atoms with Crippen molar-refractivity contribution in [3.8, 4) is 0 Å². The van der Waals surface area contributed by atoms with Crippen LogP contribution in [0.2, 0.25) is 0 Å². The Labute approximate surface area is 291 Å². The fraction of sp³-hybridized carbons (Fsp3) is 0.658. The number of carbonyl (C=O) groups is 2. The summed E-state index contributed by atoms with van der Waals surface area (Å²) >= 11 is 0. The summed E-state index contributed by atoms with van der Waals surface area (Å²) in [4.78, 5) is 29.9. The Hall–Kier alpha value is -3.25.